The number of anilines is 1. The number of para-hydroxylation sites is 2. The number of fused-ring (bicyclic) bond motifs is 3. The fraction of sp³-hybridized carbons (Fsp3) is 0.667. The zero-order valence-corrected chi connectivity index (χ0v) is 20.6. The van der Waals surface area contributed by atoms with E-state index in [0.717, 1.165) is 44.9 Å². The summed E-state index contributed by atoms with van der Waals surface area (Å²) >= 11 is 0. The number of benzene rings is 1. The van der Waals surface area contributed by atoms with Crippen LogP contribution in [0, 0.1) is 38.2 Å². The summed E-state index contributed by atoms with van der Waals surface area (Å²) in [7, 11) is 1.49. The zero-order chi connectivity index (χ0) is 24.0. The highest BCUT2D eigenvalue weighted by Crippen LogP contribution is 2.64. The third-order valence-corrected chi connectivity index (χ3v) is 9.46. The Morgan fingerprint density at radius 3 is 2.61 bits per heavy atom. The van der Waals surface area contributed by atoms with Crippen LogP contribution in [0.4, 0.5) is 11.4 Å². The molecule has 6 atom stereocenters. The molecule has 1 N–H and O–H groups in total. The molecule has 33 heavy (non-hydrogen) atoms. The Kier molecular flexibility index (Phi) is 6.08. The third-order valence-electron chi connectivity index (χ3n) is 9.46. The summed E-state index contributed by atoms with van der Waals surface area (Å²) in [6.07, 6.45) is 9.50. The number of ether oxygens (including phenoxy) is 1. The highest BCUT2D eigenvalue weighted by Gasteiger charge is 2.60. The number of hydrogen-bond acceptors (Lipinski definition) is 5. The first-order valence-corrected chi connectivity index (χ1v) is 12.4. The van der Waals surface area contributed by atoms with Crippen LogP contribution < -0.4 is 5.32 Å². The second-order valence-electron chi connectivity index (χ2n) is 11.3. The summed E-state index contributed by atoms with van der Waals surface area (Å²) in [5.74, 6) is 0.393. The van der Waals surface area contributed by atoms with Gasteiger partial charge in [0.15, 0.2) is 0 Å². The smallest absolute Gasteiger partial charge is 0.311 e. The molecule has 0 spiro atoms. The standard InChI is InChI=1S/C27H38N2O4/c1-6-25(2)15-12-19-18(17-25)21(28-20-10-7-8-11-22(20)29(31)32)16-23-26(19,3)13-9-14-27(23,4)24(30)33-5/h7-8,10-11,17,19,21,23,28H,6,9,12-16H2,1-5H3/t19-,21+,23+,25-,26+,27+/m0/s1. The van der Waals surface area contributed by atoms with Crippen molar-refractivity contribution in [1.29, 1.82) is 0 Å². The number of nitrogens with zero attached hydrogens (tertiary/aromatic N) is 1. The topological polar surface area (TPSA) is 81.5 Å². The first kappa shape index (κ1) is 23.8. The van der Waals surface area contributed by atoms with Crippen molar-refractivity contribution in [3.8, 4) is 0 Å². The molecule has 0 amide bonds. The van der Waals surface area contributed by atoms with E-state index in [2.05, 4.69) is 39.1 Å². The minimum Gasteiger partial charge on any atom is -0.469 e. The number of hydrogen-bond donors (Lipinski definition) is 1. The molecule has 2 fully saturated rings. The number of nitro groups is 1. The molecule has 0 heterocycles. The van der Waals surface area contributed by atoms with Crippen molar-refractivity contribution >= 4 is 17.3 Å². The summed E-state index contributed by atoms with van der Waals surface area (Å²) in [4.78, 5) is 24.4. The van der Waals surface area contributed by atoms with E-state index < -0.39 is 5.41 Å². The lowest BCUT2D eigenvalue weighted by Crippen LogP contribution is -2.58. The second-order valence-corrected chi connectivity index (χ2v) is 11.3. The second kappa shape index (κ2) is 8.44. The van der Waals surface area contributed by atoms with Crippen LogP contribution in [0.5, 0.6) is 0 Å². The molecular formula is C27H38N2O4. The molecule has 0 unspecified atom stereocenters. The molecule has 1 aromatic rings. The molecule has 6 heteroatoms. The maximum absolute atomic E-state index is 13.1. The molecular weight excluding hydrogens is 416 g/mol. The number of methoxy groups -OCH3 is 1. The number of carbonyl (C=O) groups is 1. The Morgan fingerprint density at radius 1 is 1.21 bits per heavy atom. The Hall–Kier alpha value is -2.37. The van der Waals surface area contributed by atoms with Crippen molar-refractivity contribution < 1.29 is 14.5 Å². The molecule has 0 aliphatic heterocycles. The Labute approximate surface area is 197 Å². The van der Waals surface area contributed by atoms with E-state index in [-0.39, 0.29) is 39.4 Å². The molecule has 3 aliphatic rings. The summed E-state index contributed by atoms with van der Waals surface area (Å²) in [5, 5.41) is 15.3. The first-order valence-electron chi connectivity index (χ1n) is 12.4. The van der Waals surface area contributed by atoms with Gasteiger partial charge in [-0.3, -0.25) is 14.9 Å². The molecule has 3 aliphatic carbocycles. The number of rotatable bonds is 5. The minimum absolute atomic E-state index is 0.0168. The quantitative estimate of drug-likeness (QED) is 0.237. The average molecular weight is 455 g/mol. The SMILES string of the molecule is CC[C@]1(C)C=C2[C@H](Nc3ccccc3[N+](=O)[O-])C[C@@H]3[C@](C)(CCC[C@@]3(C)C(=O)OC)[C@H]2CC1. The van der Waals surface area contributed by atoms with Crippen LogP contribution in [-0.4, -0.2) is 24.0 Å². The normalized spacial score (nSPS) is 37.8. The van der Waals surface area contributed by atoms with Gasteiger partial charge in [0.25, 0.3) is 5.69 Å². The van der Waals surface area contributed by atoms with Crippen molar-refractivity contribution in [3.05, 3.63) is 46.0 Å². The van der Waals surface area contributed by atoms with Gasteiger partial charge < -0.3 is 10.1 Å². The van der Waals surface area contributed by atoms with Gasteiger partial charge in [0.1, 0.15) is 5.69 Å². The van der Waals surface area contributed by atoms with Gasteiger partial charge in [-0.1, -0.05) is 45.4 Å². The number of nitro benzene ring substituents is 1. The van der Waals surface area contributed by atoms with Crippen LogP contribution >= 0.6 is 0 Å². The van der Waals surface area contributed by atoms with E-state index >= 15 is 0 Å². The maximum Gasteiger partial charge on any atom is 0.311 e. The van der Waals surface area contributed by atoms with Gasteiger partial charge in [-0.15, -0.1) is 0 Å². The van der Waals surface area contributed by atoms with E-state index in [0.29, 0.717) is 11.6 Å². The van der Waals surface area contributed by atoms with Crippen molar-refractivity contribution in [2.75, 3.05) is 12.4 Å². The van der Waals surface area contributed by atoms with E-state index in [1.54, 1.807) is 18.2 Å². The number of nitrogens with one attached hydrogen (secondary N) is 1. The van der Waals surface area contributed by atoms with Crippen molar-refractivity contribution in [2.45, 2.75) is 78.7 Å². The summed E-state index contributed by atoms with van der Waals surface area (Å²) in [6.45, 7) is 9.03. The average Bonchev–Trinajstić information content (AvgIpc) is 2.79. The lowest BCUT2D eigenvalue weighted by atomic mass is 9.44. The molecule has 0 bridgehead atoms. The van der Waals surface area contributed by atoms with Crippen LogP contribution in [0.3, 0.4) is 0 Å². The monoisotopic (exact) mass is 454 g/mol. The molecule has 0 radical (unpaired) electrons. The van der Waals surface area contributed by atoms with Gasteiger partial charge in [-0.25, -0.2) is 0 Å². The number of esters is 1. The summed E-state index contributed by atoms with van der Waals surface area (Å²) in [6, 6.07) is 6.85. The van der Waals surface area contributed by atoms with Gasteiger partial charge in [0, 0.05) is 12.1 Å². The molecule has 0 saturated heterocycles. The van der Waals surface area contributed by atoms with E-state index in [1.807, 2.05) is 6.07 Å². The summed E-state index contributed by atoms with van der Waals surface area (Å²) in [5.41, 5.74) is 1.64. The predicted octanol–water partition coefficient (Wildman–Crippen LogP) is 6.52. The maximum atomic E-state index is 13.1. The highest BCUT2D eigenvalue weighted by molar-refractivity contribution is 5.77. The number of allylic oxidation sites excluding steroid dienone is 1. The predicted molar refractivity (Wildman–Crippen MR) is 130 cm³/mol. The fourth-order valence-electron chi connectivity index (χ4n) is 7.34. The zero-order valence-electron chi connectivity index (χ0n) is 20.6. The molecule has 1 aromatic carbocycles. The van der Waals surface area contributed by atoms with Gasteiger partial charge >= 0.3 is 5.97 Å². The van der Waals surface area contributed by atoms with Crippen LogP contribution in [0.1, 0.15) is 72.6 Å². The van der Waals surface area contributed by atoms with Crippen molar-refractivity contribution in [1.82, 2.24) is 0 Å². The first-order chi connectivity index (χ1) is 15.6. The Bertz CT molecular complexity index is 975. The Balaban J connectivity index is 1.81. The van der Waals surface area contributed by atoms with Gasteiger partial charge in [-0.05, 0) is 79.8 Å². The van der Waals surface area contributed by atoms with Crippen molar-refractivity contribution in [3.63, 3.8) is 0 Å². The van der Waals surface area contributed by atoms with E-state index in [9.17, 15) is 14.9 Å². The minimum atomic E-state index is -0.540. The lowest BCUT2D eigenvalue weighted by molar-refractivity contribution is -0.384. The van der Waals surface area contributed by atoms with Crippen LogP contribution in [-0.2, 0) is 9.53 Å². The van der Waals surface area contributed by atoms with Crippen LogP contribution in [0.2, 0.25) is 0 Å². The summed E-state index contributed by atoms with van der Waals surface area (Å²) < 4.78 is 5.31. The van der Waals surface area contributed by atoms with Gasteiger partial charge in [0.05, 0.1) is 17.4 Å². The molecule has 180 valence electrons. The molecule has 2 saturated carbocycles. The Morgan fingerprint density at radius 2 is 1.94 bits per heavy atom. The van der Waals surface area contributed by atoms with Gasteiger partial charge in [-0.2, -0.15) is 0 Å². The van der Waals surface area contributed by atoms with Crippen molar-refractivity contribution in [2.24, 2.45) is 28.1 Å². The molecule has 0 aromatic heterocycles. The fourth-order valence-corrected chi connectivity index (χ4v) is 7.34. The van der Waals surface area contributed by atoms with Gasteiger partial charge in [0.2, 0.25) is 0 Å². The molecule has 6 nitrogen and oxygen atoms in total. The van der Waals surface area contributed by atoms with E-state index in [4.69, 9.17) is 4.74 Å². The third kappa shape index (κ3) is 3.85. The van der Waals surface area contributed by atoms with E-state index in [1.165, 1.54) is 12.7 Å². The van der Waals surface area contributed by atoms with Crippen LogP contribution in [0.15, 0.2) is 35.9 Å². The largest absolute Gasteiger partial charge is 0.469 e. The number of carbonyl (C=O) groups excluding carboxylic acids is 1. The molecule has 4 rings (SSSR count). The highest BCUT2D eigenvalue weighted by atomic mass is 16.6. The lowest BCUT2D eigenvalue weighted by Gasteiger charge is -2.61. The van der Waals surface area contributed by atoms with Crippen LogP contribution in [0.25, 0.3) is 0 Å².